The number of aromatic nitrogens is 2. The molecule has 1 aromatic rings. The highest BCUT2D eigenvalue weighted by atomic mass is 16.5. The van der Waals surface area contributed by atoms with Gasteiger partial charge in [-0.25, -0.2) is 0 Å². The van der Waals surface area contributed by atoms with Crippen LogP contribution in [0.15, 0.2) is 12.4 Å². The van der Waals surface area contributed by atoms with E-state index < -0.39 is 0 Å². The first kappa shape index (κ1) is 12.6. The van der Waals surface area contributed by atoms with Crippen molar-refractivity contribution in [3.8, 4) is 0 Å². The maximum absolute atomic E-state index is 5.45. The number of ether oxygens (including phenoxy) is 1. The van der Waals surface area contributed by atoms with Gasteiger partial charge in [0.05, 0.1) is 6.20 Å². The van der Waals surface area contributed by atoms with E-state index >= 15 is 0 Å². The molecule has 2 heterocycles. The monoisotopic (exact) mass is 237 g/mol. The molecule has 1 aromatic heterocycles. The average molecular weight is 237 g/mol. The molecule has 4 heteroatoms. The van der Waals surface area contributed by atoms with E-state index in [9.17, 15) is 0 Å². The molecule has 1 saturated heterocycles. The minimum Gasteiger partial charge on any atom is -0.381 e. The Morgan fingerprint density at radius 2 is 2.47 bits per heavy atom. The predicted octanol–water partition coefficient (Wildman–Crippen LogP) is 1.98. The van der Waals surface area contributed by atoms with Gasteiger partial charge in [-0.1, -0.05) is 6.92 Å². The van der Waals surface area contributed by atoms with E-state index in [0.29, 0.717) is 12.0 Å². The van der Waals surface area contributed by atoms with E-state index in [1.165, 1.54) is 12.0 Å². The van der Waals surface area contributed by atoms with Crippen LogP contribution >= 0.6 is 0 Å². The first-order chi connectivity index (χ1) is 8.33. The molecule has 2 atom stereocenters. The fourth-order valence-electron chi connectivity index (χ4n) is 2.42. The minimum atomic E-state index is 0.423. The van der Waals surface area contributed by atoms with Gasteiger partial charge in [0.15, 0.2) is 0 Å². The molecule has 1 aliphatic rings. The summed E-state index contributed by atoms with van der Waals surface area (Å²) in [7, 11) is 0. The zero-order valence-electron chi connectivity index (χ0n) is 10.9. The molecule has 0 aromatic carbocycles. The highest BCUT2D eigenvalue weighted by molar-refractivity contribution is 5.10. The van der Waals surface area contributed by atoms with Crippen LogP contribution in [-0.2, 0) is 11.3 Å². The summed E-state index contributed by atoms with van der Waals surface area (Å²) in [6, 6.07) is 0.423. The van der Waals surface area contributed by atoms with Crippen molar-refractivity contribution in [1.29, 1.82) is 0 Å². The van der Waals surface area contributed by atoms with Gasteiger partial charge >= 0.3 is 0 Å². The molecule has 0 amide bonds. The molecule has 0 aliphatic carbocycles. The van der Waals surface area contributed by atoms with Crippen molar-refractivity contribution < 1.29 is 4.74 Å². The first-order valence-electron chi connectivity index (χ1n) is 6.67. The zero-order valence-corrected chi connectivity index (χ0v) is 10.9. The van der Waals surface area contributed by atoms with Gasteiger partial charge in [-0.15, -0.1) is 0 Å². The molecule has 1 fully saturated rings. The summed E-state index contributed by atoms with van der Waals surface area (Å²) >= 11 is 0. The van der Waals surface area contributed by atoms with Crippen LogP contribution in [0.3, 0.4) is 0 Å². The topological polar surface area (TPSA) is 39.1 Å². The summed E-state index contributed by atoms with van der Waals surface area (Å²) in [4.78, 5) is 0. The van der Waals surface area contributed by atoms with Crippen molar-refractivity contribution in [3.63, 3.8) is 0 Å². The maximum Gasteiger partial charge on any atom is 0.0537 e. The molecule has 0 saturated carbocycles. The second-order valence-electron chi connectivity index (χ2n) is 4.70. The summed E-state index contributed by atoms with van der Waals surface area (Å²) in [5.74, 6) is 0.698. The van der Waals surface area contributed by atoms with Gasteiger partial charge in [0.2, 0.25) is 0 Å². The maximum atomic E-state index is 5.45. The lowest BCUT2D eigenvalue weighted by Gasteiger charge is -2.19. The number of nitrogens with zero attached hydrogens (tertiary/aromatic N) is 2. The van der Waals surface area contributed by atoms with Crippen LogP contribution in [0.2, 0.25) is 0 Å². The molecule has 96 valence electrons. The molecule has 4 nitrogen and oxygen atoms in total. The Labute approximate surface area is 103 Å². The van der Waals surface area contributed by atoms with Crippen molar-refractivity contribution in [2.24, 2.45) is 5.92 Å². The molecule has 2 unspecified atom stereocenters. The molecular weight excluding hydrogens is 214 g/mol. The van der Waals surface area contributed by atoms with E-state index in [2.05, 4.69) is 30.5 Å². The third-order valence-electron chi connectivity index (χ3n) is 3.42. The fourth-order valence-corrected chi connectivity index (χ4v) is 2.42. The highest BCUT2D eigenvalue weighted by Gasteiger charge is 2.22. The largest absolute Gasteiger partial charge is 0.381 e. The fraction of sp³-hybridized carbons (Fsp3) is 0.769. The number of hydrogen-bond acceptors (Lipinski definition) is 3. The smallest absolute Gasteiger partial charge is 0.0537 e. The number of hydrogen-bond donors (Lipinski definition) is 1. The molecule has 0 spiro atoms. The number of aryl methyl sites for hydroxylation is 1. The summed E-state index contributed by atoms with van der Waals surface area (Å²) in [6.07, 6.45) is 6.50. The summed E-state index contributed by atoms with van der Waals surface area (Å²) in [5.41, 5.74) is 1.31. The Morgan fingerprint density at radius 1 is 1.59 bits per heavy atom. The van der Waals surface area contributed by atoms with Gasteiger partial charge in [-0.05, 0) is 32.2 Å². The summed E-state index contributed by atoms with van der Waals surface area (Å²) < 4.78 is 7.44. The average Bonchev–Trinajstić information content (AvgIpc) is 2.99. The third kappa shape index (κ3) is 3.30. The minimum absolute atomic E-state index is 0.423. The molecule has 2 rings (SSSR count). The van der Waals surface area contributed by atoms with Gasteiger partial charge in [0, 0.05) is 37.6 Å². The molecule has 0 radical (unpaired) electrons. The van der Waals surface area contributed by atoms with Crippen molar-refractivity contribution in [3.05, 3.63) is 18.0 Å². The summed E-state index contributed by atoms with van der Waals surface area (Å²) in [6.45, 7) is 8.05. The van der Waals surface area contributed by atoms with Crippen LogP contribution in [0.1, 0.15) is 38.3 Å². The lowest BCUT2D eigenvalue weighted by Crippen LogP contribution is -2.23. The molecule has 17 heavy (non-hydrogen) atoms. The molecular formula is C13H23N3O. The predicted molar refractivity (Wildman–Crippen MR) is 67.9 cm³/mol. The van der Waals surface area contributed by atoms with E-state index in [4.69, 9.17) is 4.74 Å². The third-order valence-corrected chi connectivity index (χ3v) is 3.42. The van der Waals surface area contributed by atoms with Crippen molar-refractivity contribution in [2.45, 2.75) is 39.3 Å². The lowest BCUT2D eigenvalue weighted by atomic mass is 9.96. The molecule has 1 aliphatic heterocycles. The molecule has 0 bridgehead atoms. The first-order valence-corrected chi connectivity index (χ1v) is 6.67. The van der Waals surface area contributed by atoms with Crippen LogP contribution in [0.4, 0.5) is 0 Å². The quantitative estimate of drug-likeness (QED) is 0.822. The SMILES string of the molecule is CCNC(CC1CCOC1)c1cnn(CC)c1. The Hall–Kier alpha value is -0.870. The van der Waals surface area contributed by atoms with Gasteiger partial charge in [-0.3, -0.25) is 4.68 Å². The second-order valence-corrected chi connectivity index (χ2v) is 4.70. The van der Waals surface area contributed by atoms with E-state index in [1.54, 1.807) is 0 Å². The van der Waals surface area contributed by atoms with Gasteiger partial charge in [0.25, 0.3) is 0 Å². The van der Waals surface area contributed by atoms with Crippen LogP contribution < -0.4 is 5.32 Å². The van der Waals surface area contributed by atoms with Crippen LogP contribution in [0.25, 0.3) is 0 Å². The zero-order chi connectivity index (χ0) is 12.1. The van der Waals surface area contributed by atoms with E-state index in [0.717, 1.165) is 32.7 Å². The Kier molecular flexibility index (Phi) is 4.57. The number of rotatable bonds is 6. The number of nitrogens with one attached hydrogen (secondary N) is 1. The van der Waals surface area contributed by atoms with E-state index in [1.807, 2.05) is 10.9 Å². The Bertz CT molecular complexity index is 331. The van der Waals surface area contributed by atoms with Gasteiger partial charge in [0.1, 0.15) is 0 Å². The van der Waals surface area contributed by atoms with Gasteiger partial charge < -0.3 is 10.1 Å². The van der Waals surface area contributed by atoms with Crippen LogP contribution in [0, 0.1) is 5.92 Å². The van der Waals surface area contributed by atoms with Crippen LogP contribution in [0.5, 0.6) is 0 Å². The van der Waals surface area contributed by atoms with Crippen molar-refractivity contribution in [1.82, 2.24) is 15.1 Å². The summed E-state index contributed by atoms with van der Waals surface area (Å²) in [5, 5.41) is 7.91. The second kappa shape index (κ2) is 6.17. The Morgan fingerprint density at radius 3 is 3.06 bits per heavy atom. The normalized spacial score (nSPS) is 21.9. The van der Waals surface area contributed by atoms with Crippen molar-refractivity contribution in [2.75, 3.05) is 19.8 Å². The lowest BCUT2D eigenvalue weighted by molar-refractivity contribution is 0.181. The Balaban J connectivity index is 1.99. The van der Waals surface area contributed by atoms with Crippen LogP contribution in [-0.4, -0.2) is 29.5 Å². The van der Waals surface area contributed by atoms with E-state index in [-0.39, 0.29) is 0 Å². The van der Waals surface area contributed by atoms with Gasteiger partial charge in [-0.2, -0.15) is 5.10 Å². The highest BCUT2D eigenvalue weighted by Crippen LogP contribution is 2.26. The standard InChI is InChI=1S/C13H23N3O/c1-3-14-13(7-11-5-6-17-10-11)12-8-15-16(4-2)9-12/h8-9,11,13-14H,3-7,10H2,1-2H3. The van der Waals surface area contributed by atoms with Crippen molar-refractivity contribution >= 4 is 0 Å². The molecule has 1 N–H and O–H groups in total.